The number of likely N-dealkylation sites (tertiary alicyclic amines) is 1. The Morgan fingerprint density at radius 3 is 2.30 bits per heavy atom. The van der Waals surface area contributed by atoms with Crippen LogP contribution in [0.15, 0.2) is 48.5 Å². The first-order chi connectivity index (χ1) is 11.1. The maximum absolute atomic E-state index is 12.4. The van der Waals surface area contributed by atoms with Crippen molar-refractivity contribution in [3.05, 3.63) is 64.7 Å². The molecule has 0 spiro atoms. The van der Waals surface area contributed by atoms with Crippen LogP contribution < -0.4 is 4.74 Å². The molecule has 0 bridgehead atoms. The number of benzene rings is 2. The van der Waals surface area contributed by atoms with E-state index in [-0.39, 0.29) is 5.78 Å². The van der Waals surface area contributed by atoms with Crippen LogP contribution in [0.2, 0.25) is 5.02 Å². The fraction of sp³-hybridized carbons (Fsp3) is 0.316. The summed E-state index contributed by atoms with van der Waals surface area (Å²) in [6.07, 6.45) is 2.42. The predicted octanol–water partition coefficient (Wildman–Crippen LogP) is 4.04. The van der Waals surface area contributed by atoms with E-state index < -0.39 is 0 Å². The van der Waals surface area contributed by atoms with E-state index in [1.807, 2.05) is 24.3 Å². The van der Waals surface area contributed by atoms with Crippen molar-refractivity contribution in [3.8, 4) is 5.75 Å². The monoisotopic (exact) mass is 329 g/mol. The van der Waals surface area contributed by atoms with Gasteiger partial charge in [0.05, 0.1) is 0 Å². The first-order valence-corrected chi connectivity index (χ1v) is 8.24. The zero-order valence-electron chi connectivity index (χ0n) is 13.2. The Balaban J connectivity index is 1.62. The maximum Gasteiger partial charge on any atom is 0.193 e. The second kappa shape index (κ2) is 7.16. The molecule has 1 unspecified atom stereocenters. The molecule has 23 heavy (non-hydrogen) atoms. The third-order valence-electron chi connectivity index (χ3n) is 4.34. The summed E-state index contributed by atoms with van der Waals surface area (Å²) >= 11 is 5.85. The SMILES string of the molecule is CN1CCCC1COc1ccc(C(=O)c2ccc(Cl)cc2)cc1. The van der Waals surface area contributed by atoms with E-state index >= 15 is 0 Å². The lowest BCUT2D eigenvalue weighted by molar-refractivity contribution is 0.103. The third kappa shape index (κ3) is 3.92. The Kier molecular flexibility index (Phi) is 4.99. The zero-order valence-corrected chi connectivity index (χ0v) is 13.9. The van der Waals surface area contributed by atoms with Crippen molar-refractivity contribution in [3.63, 3.8) is 0 Å². The minimum absolute atomic E-state index is 0.0104. The maximum atomic E-state index is 12.4. The lowest BCUT2D eigenvalue weighted by Crippen LogP contribution is -2.30. The van der Waals surface area contributed by atoms with Crippen molar-refractivity contribution in [2.45, 2.75) is 18.9 Å². The molecule has 1 saturated heterocycles. The Hall–Kier alpha value is -1.84. The third-order valence-corrected chi connectivity index (χ3v) is 4.59. The summed E-state index contributed by atoms with van der Waals surface area (Å²) in [4.78, 5) is 14.7. The van der Waals surface area contributed by atoms with Gasteiger partial charge in [0.25, 0.3) is 0 Å². The van der Waals surface area contributed by atoms with Crippen molar-refractivity contribution < 1.29 is 9.53 Å². The largest absolute Gasteiger partial charge is 0.492 e. The van der Waals surface area contributed by atoms with Crippen LogP contribution >= 0.6 is 11.6 Å². The number of carbonyl (C=O) groups excluding carboxylic acids is 1. The van der Waals surface area contributed by atoms with Crippen LogP contribution in [0, 0.1) is 0 Å². The average molecular weight is 330 g/mol. The number of hydrogen-bond donors (Lipinski definition) is 0. The number of nitrogens with zero attached hydrogens (tertiary/aromatic N) is 1. The number of rotatable bonds is 5. The number of hydrogen-bond acceptors (Lipinski definition) is 3. The number of ketones is 1. The fourth-order valence-corrected chi connectivity index (χ4v) is 2.98. The van der Waals surface area contributed by atoms with Crippen molar-refractivity contribution in [2.24, 2.45) is 0 Å². The summed E-state index contributed by atoms with van der Waals surface area (Å²) in [5.74, 6) is 0.793. The van der Waals surface area contributed by atoms with Crippen molar-refractivity contribution in [2.75, 3.05) is 20.2 Å². The average Bonchev–Trinajstić information content (AvgIpc) is 2.99. The molecular formula is C19H20ClNO2. The van der Waals surface area contributed by atoms with Gasteiger partial charge in [-0.05, 0) is 75.0 Å². The normalized spacial score (nSPS) is 18.1. The van der Waals surface area contributed by atoms with Gasteiger partial charge < -0.3 is 9.64 Å². The first-order valence-electron chi connectivity index (χ1n) is 7.87. The molecule has 3 rings (SSSR count). The van der Waals surface area contributed by atoms with Crippen molar-refractivity contribution >= 4 is 17.4 Å². The molecule has 0 saturated carbocycles. The van der Waals surface area contributed by atoms with E-state index in [9.17, 15) is 4.79 Å². The van der Waals surface area contributed by atoms with Gasteiger partial charge in [-0.3, -0.25) is 4.79 Å². The van der Waals surface area contributed by atoms with Gasteiger partial charge in [0.2, 0.25) is 0 Å². The molecular weight excluding hydrogens is 310 g/mol. The molecule has 120 valence electrons. The van der Waals surface area contributed by atoms with E-state index in [1.165, 1.54) is 12.8 Å². The van der Waals surface area contributed by atoms with E-state index in [1.54, 1.807) is 24.3 Å². The molecule has 2 aromatic rings. The van der Waals surface area contributed by atoms with Crippen LogP contribution in [-0.2, 0) is 0 Å². The van der Waals surface area contributed by atoms with E-state index in [0.29, 0.717) is 28.8 Å². The van der Waals surface area contributed by atoms with Gasteiger partial charge in [0, 0.05) is 22.2 Å². The Morgan fingerprint density at radius 1 is 1.13 bits per heavy atom. The molecule has 0 aromatic heterocycles. The van der Waals surface area contributed by atoms with Crippen LogP contribution in [0.1, 0.15) is 28.8 Å². The highest BCUT2D eigenvalue weighted by molar-refractivity contribution is 6.30. The molecule has 3 nitrogen and oxygen atoms in total. The summed E-state index contributed by atoms with van der Waals surface area (Å²) in [6.45, 7) is 1.84. The van der Waals surface area contributed by atoms with Gasteiger partial charge >= 0.3 is 0 Å². The van der Waals surface area contributed by atoms with Gasteiger partial charge in [-0.2, -0.15) is 0 Å². The van der Waals surface area contributed by atoms with Crippen LogP contribution in [0.3, 0.4) is 0 Å². The Bertz CT molecular complexity index is 667. The topological polar surface area (TPSA) is 29.5 Å². The number of halogens is 1. The zero-order chi connectivity index (χ0) is 16.2. The fourth-order valence-electron chi connectivity index (χ4n) is 2.85. The molecule has 4 heteroatoms. The molecule has 0 N–H and O–H groups in total. The molecule has 1 fully saturated rings. The summed E-state index contributed by atoms with van der Waals surface area (Å²) in [6, 6.07) is 14.8. The Morgan fingerprint density at radius 2 is 1.74 bits per heavy atom. The highest BCUT2D eigenvalue weighted by Gasteiger charge is 2.21. The smallest absolute Gasteiger partial charge is 0.193 e. The van der Waals surface area contributed by atoms with Gasteiger partial charge in [0.1, 0.15) is 12.4 Å². The number of ether oxygens (including phenoxy) is 1. The second-order valence-electron chi connectivity index (χ2n) is 5.95. The van der Waals surface area contributed by atoms with Gasteiger partial charge in [-0.15, -0.1) is 0 Å². The molecule has 0 amide bonds. The number of carbonyl (C=O) groups is 1. The molecule has 0 aliphatic carbocycles. The summed E-state index contributed by atoms with van der Waals surface area (Å²) in [7, 11) is 2.13. The van der Waals surface area contributed by atoms with Crippen molar-refractivity contribution in [1.29, 1.82) is 0 Å². The molecule has 2 aromatic carbocycles. The molecule has 1 heterocycles. The molecule has 1 aliphatic heterocycles. The summed E-state index contributed by atoms with van der Waals surface area (Å²) in [5, 5.41) is 0.627. The summed E-state index contributed by atoms with van der Waals surface area (Å²) in [5.41, 5.74) is 1.29. The molecule has 0 radical (unpaired) electrons. The highest BCUT2D eigenvalue weighted by Crippen LogP contribution is 2.19. The highest BCUT2D eigenvalue weighted by atomic mass is 35.5. The Labute approximate surface area is 141 Å². The van der Waals surface area contributed by atoms with Gasteiger partial charge in [-0.25, -0.2) is 0 Å². The minimum atomic E-state index is -0.0104. The predicted molar refractivity (Wildman–Crippen MR) is 92.5 cm³/mol. The van der Waals surface area contributed by atoms with Crippen molar-refractivity contribution in [1.82, 2.24) is 4.90 Å². The van der Waals surface area contributed by atoms with E-state index in [0.717, 1.165) is 12.3 Å². The molecule has 1 aliphatic rings. The van der Waals surface area contributed by atoms with Crippen LogP contribution in [0.4, 0.5) is 0 Å². The van der Waals surface area contributed by atoms with Crippen LogP contribution in [0.5, 0.6) is 5.75 Å². The lowest BCUT2D eigenvalue weighted by Gasteiger charge is -2.19. The van der Waals surface area contributed by atoms with Gasteiger partial charge in [0.15, 0.2) is 5.78 Å². The standard InChI is InChI=1S/C19H20ClNO2/c1-21-12-2-3-17(21)13-23-18-10-6-15(7-11-18)19(22)14-4-8-16(20)9-5-14/h4-11,17H,2-3,12-13H2,1H3. The van der Waals surface area contributed by atoms with E-state index in [2.05, 4.69) is 11.9 Å². The quantitative estimate of drug-likeness (QED) is 0.775. The lowest BCUT2D eigenvalue weighted by atomic mass is 10.0. The van der Waals surface area contributed by atoms with Crippen LogP contribution in [-0.4, -0.2) is 36.9 Å². The molecule has 1 atom stereocenters. The summed E-state index contributed by atoms with van der Waals surface area (Å²) < 4.78 is 5.85. The number of likely N-dealkylation sites (N-methyl/N-ethyl adjacent to an activating group) is 1. The van der Waals surface area contributed by atoms with E-state index in [4.69, 9.17) is 16.3 Å². The van der Waals surface area contributed by atoms with Gasteiger partial charge in [-0.1, -0.05) is 11.6 Å². The first kappa shape index (κ1) is 16.0. The minimum Gasteiger partial charge on any atom is -0.492 e. The van der Waals surface area contributed by atoms with Crippen LogP contribution in [0.25, 0.3) is 0 Å². The second-order valence-corrected chi connectivity index (χ2v) is 6.38.